The molecule has 2 aromatic heterocycles. The van der Waals surface area contributed by atoms with Gasteiger partial charge in [0.15, 0.2) is 5.76 Å². The zero-order chi connectivity index (χ0) is 16.4. The third-order valence-electron chi connectivity index (χ3n) is 3.39. The molecule has 0 saturated carbocycles. The van der Waals surface area contributed by atoms with Gasteiger partial charge in [-0.15, -0.1) is 0 Å². The van der Waals surface area contributed by atoms with Gasteiger partial charge in [-0.05, 0) is 24.3 Å². The average Bonchev–Trinajstić information content (AvgIpc) is 3.03. The maximum absolute atomic E-state index is 12.5. The highest BCUT2D eigenvalue weighted by Gasteiger charge is 2.22. The van der Waals surface area contributed by atoms with Gasteiger partial charge in [0.1, 0.15) is 5.76 Å². The van der Waals surface area contributed by atoms with Crippen molar-refractivity contribution in [1.29, 1.82) is 0 Å². The number of fused-ring (bicyclic) bond motifs is 1. The number of aromatic nitrogens is 1. The van der Waals surface area contributed by atoms with E-state index in [1.54, 1.807) is 30.5 Å². The molecule has 0 unspecified atom stereocenters. The molecule has 23 heavy (non-hydrogen) atoms. The number of carbonyl (C=O) groups excluding carboxylic acids is 1. The molecular weight excluding hydrogens is 316 g/mol. The Labute approximate surface area is 133 Å². The standard InChI is InChI=1S/C16H14N2O4S/c1-2-12-6-7-14(22-12)16(19)18-23(20,21)15-5-3-4-11-10-17-9-8-13(11)15/h3-10H,2H2,1H3,(H,18,19). The van der Waals surface area contributed by atoms with Crippen molar-refractivity contribution in [2.45, 2.75) is 18.2 Å². The highest BCUT2D eigenvalue weighted by Crippen LogP contribution is 2.22. The van der Waals surface area contributed by atoms with Gasteiger partial charge >= 0.3 is 5.91 Å². The molecule has 2 heterocycles. The van der Waals surface area contributed by atoms with E-state index in [2.05, 4.69) is 4.98 Å². The number of hydrogen-bond acceptors (Lipinski definition) is 5. The molecule has 7 heteroatoms. The first-order valence-electron chi connectivity index (χ1n) is 7.00. The Balaban J connectivity index is 1.96. The first kappa shape index (κ1) is 15.2. The Morgan fingerprint density at radius 2 is 2.04 bits per heavy atom. The molecule has 3 rings (SSSR count). The summed E-state index contributed by atoms with van der Waals surface area (Å²) in [7, 11) is -4.02. The van der Waals surface area contributed by atoms with E-state index in [1.165, 1.54) is 18.3 Å². The van der Waals surface area contributed by atoms with Gasteiger partial charge in [0.25, 0.3) is 10.0 Å². The van der Waals surface area contributed by atoms with Crippen molar-refractivity contribution < 1.29 is 17.6 Å². The van der Waals surface area contributed by atoms with Crippen molar-refractivity contribution in [2.75, 3.05) is 0 Å². The number of hydrogen-bond donors (Lipinski definition) is 1. The van der Waals surface area contributed by atoms with Crippen LogP contribution in [0.1, 0.15) is 23.2 Å². The summed E-state index contributed by atoms with van der Waals surface area (Å²) in [5, 5.41) is 1.17. The second kappa shape index (κ2) is 5.85. The van der Waals surface area contributed by atoms with Crippen LogP contribution in [-0.2, 0) is 16.4 Å². The SMILES string of the molecule is CCc1ccc(C(=O)NS(=O)(=O)c2cccc3cnccc23)o1. The molecule has 0 atom stereocenters. The summed E-state index contributed by atoms with van der Waals surface area (Å²) < 4.78 is 32.3. The van der Waals surface area contributed by atoms with Crippen LogP contribution in [0.5, 0.6) is 0 Å². The van der Waals surface area contributed by atoms with Crippen LogP contribution < -0.4 is 4.72 Å². The summed E-state index contributed by atoms with van der Waals surface area (Å²) in [6, 6.07) is 9.49. The lowest BCUT2D eigenvalue weighted by Gasteiger charge is -2.08. The third kappa shape index (κ3) is 2.95. The number of sulfonamides is 1. The quantitative estimate of drug-likeness (QED) is 0.794. The van der Waals surface area contributed by atoms with Crippen LogP contribution >= 0.6 is 0 Å². The Morgan fingerprint density at radius 1 is 1.22 bits per heavy atom. The van der Waals surface area contributed by atoms with Gasteiger partial charge < -0.3 is 4.42 Å². The number of rotatable bonds is 4. The van der Waals surface area contributed by atoms with Gasteiger partial charge in [-0.3, -0.25) is 9.78 Å². The number of nitrogens with one attached hydrogen (secondary N) is 1. The zero-order valence-electron chi connectivity index (χ0n) is 12.3. The van der Waals surface area contributed by atoms with Crippen LogP contribution in [0.15, 0.2) is 58.1 Å². The lowest BCUT2D eigenvalue weighted by Crippen LogP contribution is -2.30. The molecule has 1 amide bonds. The van der Waals surface area contributed by atoms with Gasteiger partial charge in [-0.25, -0.2) is 13.1 Å². The fourth-order valence-electron chi connectivity index (χ4n) is 2.24. The maximum Gasteiger partial charge on any atom is 0.300 e. The predicted molar refractivity (Wildman–Crippen MR) is 84.5 cm³/mol. The predicted octanol–water partition coefficient (Wildman–Crippen LogP) is 2.51. The minimum Gasteiger partial charge on any atom is -0.456 e. The van der Waals surface area contributed by atoms with E-state index in [0.717, 1.165) is 0 Å². The molecule has 1 aromatic carbocycles. The topological polar surface area (TPSA) is 89.3 Å². The Kier molecular flexibility index (Phi) is 3.87. The molecule has 0 saturated heterocycles. The minimum absolute atomic E-state index is 0.0213. The van der Waals surface area contributed by atoms with Crippen molar-refractivity contribution in [2.24, 2.45) is 0 Å². The van der Waals surface area contributed by atoms with E-state index in [1.807, 2.05) is 11.6 Å². The second-order valence-corrected chi connectivity index (χ2v) is 6.56. The summed E-state index contributed by atoms with van der Waals surface area (Å²) in [6.07, 6.45) is 3.69. The zero-order valence-corrected chi connectivity index (χ0v) is 13.1. The molecule has 0 aliphatic rings. The Hall–Kier alpha value is -2.67. The molecule has 3 aromatic rings. The molecule has 0 fully saturated rings. The summed E-state index contributed by atoms with van der Waals surface area (Å²) in [6.45, 7) is 1.88. The van der Waals surface area contributed by atoms with E-state index in [4.69, 9.17) is 4.42 Å². The lowest BCUT2D eigenvalue weighted by molar-refractivity contribution is 0.0953. The highest BCUT2D eigenvalue weighted by atomic mass is 32.2. The van der Waals surface area contributed by atoms with Crippen LogP contribution in [0.25, 0.3) is 10.8 Å². The fraction of sp³-hybridized carbons (Fsp3) is 0.125. The molecule has 118 valence electrons. The highest BCUT2D eigenvalue weighted by molar-refractivity contribution is 7.90. The average molecular weight is 330 g/mol. The van der Waals surface area contributed by atoms with E-state index in [9.17, 15) is 13.2 Å². The van der Waals surface area contributed by atoms with Crippen molar-refractivity contribution in [3.63, 3.8) is 0 Å². The van der Waals surface area contributed by atoms with E-state index >= 15 is 0 Å². The van der Waals surface area contributed by atoms with Crippen LogP contribution in [0.2, 0.25) is 0 Å². The number of pyridine rings is 1. The van der Waals surface area contributed by atoms with Gasteiger partial charge in [0.05, 0.1) is 4.90 Å². The van der Waals surface area contributed by atoms with Gasteiger partial charge in [0.2, 0.25) is 0 Å². The molecule has 1 N–H and O–H groups in total. The molecule has 6 nitrogen and oxygen atoms in total. The van der Waals surface area contributed by atoms with Crippen LogP contribution in [0.4, 0.5) is 0 Å². The normalized spacial score (nSPS) is 11.5. The minimum atomic E-state index is -4.02. The molecule has 0 radical (unpaired) electrons. The van der Waals surface area contributed by atoms with Crippen molar-refractivity contribution in [3.8, 4) is 0 Å². The van der Waals surface area contributed by atoms with E-state index in [0.29, 0.717) is 23.0 Å². The second-order valence-electron chi connectivity index (χ2n) is 4.91. The van der Waals surface area contributed by atoms with Gasteiger partial charge in [0, 0.05) is 29.6 Å². The van der Waals surface area contributed by atoms with Crippen LogP contribution in [0.3, 0.4) is 0 Å². The lowest BCUT2D eigenvalue weighted by atomic mass is 10.2. The molecular formula is C16H14N2O4S. The van der Waals surface area contributed by atoms with E-state index in [-0.39, 0.29) is 10.7 Å². The Morgan fingerprint density at radius 3 is 2.78 bits per heavy atom. The van der Waals surface area contributed by atoms with Crippen molar-refractivity contribution in [1.82, 2.24) is 9.71 Å². The third-order valence-corrected chi connectivity index (χ3v) is 4.78. The molecule has 0 aliphatic carbocycles. The number of aryl methyl sites for hydroxylation is 1. The molecule has 0 aliphatic heterocycles. The smallest absolute Gasteiger partial charge is 0.300 e. The fourth-order valence-corrected chi connectivity index (χ4v) is 3.43. The number of furan rings is 1. The summed E-state index contributed by atoms with van der Waals surface area (Å²) in [5.74, 6) is -0.216. The monoisotopic (exact) mass is 330 g/mol. The van der Waals surface area contributed by atoms with E-state index < -0.39 is 15.9 Å². The number of benzene rings is 1. The Bertz CT molecular complexity index is 971. The number of nitrogens with zero attached hydrogens (tertiary/aromatic N) is 1. The number of carbonyl (C=O) groups is 1. The first-order valence-corrected chi connectivity index (χ1v) is 8.48. The van der Waals surface area contributed by atoms with Gasteiger partial charge in [-0.1, -0.05) is 19.1 Å². The van der Waals surface area contributed by atoms with Crippen molar-refractivity contribution >= 4 is 26.7 Å². The maximum atomic E-state index is 12.5. The molecule has 0 spiro atoms. The number of amides is 1. The summed E-state index contributed by atoms with van der Waals surface area (Å²) in [5.41, 5.74) is 0. The first-order chi connectivity index (χ1) is 11.0. The summed E-state index contributed by atoms with van der Waals surface area (Å²) >= 11 is 0. The summed E-state index contributed by atoms with van der Waals surface area (Å²) in [4.78, 5) is 16.1. The largest absolute Gasteiger partial charge is 0.456 e. The van der Waals surface area contributed by atoms with Crippen LogP contribution in [-0.4, -0.2) is 19.3 Å². The van der Waals surface area contributed by atoms with Crippen molar-refractivity contribution in [3.05, 3.63) is 60.3 Å². The van der Waals surface area contributed by atoms with Crippen LogP contribution in [0, 0.1) is 0 Å². The van der Waals surface area contributed by atoms with Gasteiger partial charge in [-0.2, -0.15) is 0 Å². The molecule has 0 bridgehead atoms.